The summed E-state index contributed by atoms with van der Waals surface area (Å²) < 4.78 is 0. The van der Waals surface area contributed by atoms with Gasteiger partial charge in [-0.25, -0.2) is 0 Å². The van der Waals surface area contributed by atoms with E-state index in [-0.39, 0.29) is 0 Å². The highest BCUT2D eigenvalue weighted by molar-refractivity contribution is 5.06. The third-order valence-electron chi connectivity index (χ3n) is 2.19. The second kappa shape index (κ2) is 5.36. The minimum atomic E-state index is 1.14. The van der Waals surface area contributed by atoms with Crippen LogP contribution in [-0.4, -0.2) is 13.1 Å². The van der Waals surface area contributed by atoms with E-state index in [0.29, 0.717) is 0 Å². The summed E-state index contributed by atoms with van der Waals surface area (Å²) in [6, 6.07) is 0. The SMILES string of the molecule is CCCCC=C1CCCNC1. The maximum absolute atomic E-state index is 3.39. The van der Waals surface area contributed by atoms with E-state index < -0.39 is 0 Å². The first-order valence-electron chi connectivity index (χ1n) is 4.82. The summed E-state index contributed by atoms with van der Waals surface area (Å²) in [5.74, 6) is 0. The number of hydrogen-bond donors (Lipinski definition) is 1. The monoisotopic (exact) mass is 153 g/mol. The first kappa shape index (κ1) is 8.79. The van der Waals surface area contributed by atoms with Crippen LogP contribution >= 0.6 is 0 Å². The van der Waals surface area contributed by atoms with Crippen molar-refractivity contribution in [3.63, 3.8) is 0 Å². The third-order valence-corrected chi connectivity index (χ3v) is 2.19. The molecule has 11 heavy (non-hydrogen) atoms. The van der Waals surface area contributed by atoms with E-state index in [9.17, 15) is 0 Å². The van der Waals surface area contributed by atoms with Gasteiger partial charge in [-0.2, -0.15) is 0 Å². The van der Waals surface area contributed by atoms with Crippen LogP contribution in [0.5, 0.6) is 0 Å². The summed E-state index contributed by atoms with van der Waals surface area (Å²) in [6.45, 7) is 4.60. The van der Waals surface area contributed by atoms with E-state index >= 15 is 0 Å². The lowest BCUT2D eigenvalue weighted by molar-refractivity contribution is 0.605. The molecule has 1 aliphatic heterocycles. The van der Waals surface area contributed by atoms with Crippen molar-refractivity contribution >= 4 is 0 Å². The van der Waals surface area contributed by atoms with Crippen molar-refractivity contribution in [2.45, 2.75) is 39.0 Å². The fourth-order valence-electron chi connectivity index (χ4n) is 1.46. The Morgan fingerprint density at radius 3 is 3.09 bits per heavy atom. The Morgan fingerprint density at radius 2 is 2.45 bits per heavy atom. The van der Waals surface area contributed by atoms with Crippen molar-refractivity contribution in [2.75, 3.05) is 13.1 Å². The van der Waals surface area contributed by atoms with Gasteiger partial charge in [0.1, 0.15) is 0 Å². The summed E-state index contributed by atoms with van der Waals surface area (Å²) >= 11 is 0. The molecule has 0 amide bonds. The van der Waals surface area contributed by atoms with E-state index in [1.165, 1.54) is 38.6 Å². The van der Waals surface area contributed by atoms with Gasteiger partial charge in [-0.3, -0.25) is 0 Å². The zero-order valence-electron chi connectivity index (χ0n) is 7.53. The van der Waals surface area contributed by atoms with Crippen LogP contribution in [0.1, 0.15) is 39.0 Å². The van der Waals surface area contributed by atoms with E-state index in [0.717, 1.165) is 6.54 Å². The summed E-state index contributed by atoms with van der Waals surface area (Å²) in [5.41, 5.74) is 1.63. The van der Waals surface area contributed by atoms with Crippen LogP contribution in [-0.2, 0) is 0 Å². The van der Waals surface area contributed by atoms with Crippen LogP contribution in [0.25, 0.3) is 0 Å². The fourth-order valence-corrected chi connectivity index (χ4v) is 1.46. The Balaban J connectivity index is 2.15. The highest BCUT2D eigenvalue weighted by Crippen LogP contribution is 2.10. The van der Waals surface area contributed by atoms with Crippen molar-refractivity contribution in [1.29, 1.82) is 0 Å². The topological polar surface area (TPSA) is 12.0 Å². The van der Waals surface area contributed by atoms with Crippen LogP contribution in [0.4, 0.5) is 0 Å². The molecule has 1 nitrogen and oxygen atoms in total. The van der Waals surface area contributed by atoms with Gasteiger partial charge in [-0.1, -0.05) is 31.4 Å². The molecule has 1 saturated heterocycles. The molecule has 0 aromatic rings. The highest BCUT2D eigenvalue weighted by Gasteiger charge is 2.02. The molecule has 1 fully saturated rings. The van der Waals surface area contributed by atoms with Gasteiger partial charge < -0.3 is 5.32 Å². The maximum atomic E-state index is 3.39. The lowest BCUT2D eigenvalue weighted by Crippen LogP contribution is -2.23. The zero-order chi connectivity index (χ0) is 7.94. The van der Waals surface area contributed by atoms with Gasteiger partial charge >= 0.3 is 0 Å². The smallest absolute Gasteiger partial charge is 0.0164 e. The molecule has 64 valence electrons. The third kappa shape index (κ3) is 3.57. The summed E-state index contributed by atoms with van der Waals surface area (Å²) in [7, 11) is 0. The fraction of sp³-hybridized carbons (Fsp3) is 0.800. The molecule has 0 radical (unpaired) electrons. The lowest BCUT2D eigenvalue weighted by Gasteiger charge is -2.14. The highest BCUT2D eigenvalue weighted by atomic mass is 14.9. The average Bonchev–Trinajstić information content (AvgIpc) is 2.07. The predicted octanol–water partition coefficient (Wildman–Crippen LogP) is 2.49. The molecule has 0 aliphatic carbocycles. The molecule has 1 heterocycles. The van der Waals surface area contributed by atoms with E-state index in [1.54, 1.807) is 5.57 Å². The first-order valence-corrected chi connectivity index (χ1v) is 4.82. The van der Waals surface area contributed by atoms with E-state index in [2.05, 4.69) is 18.3 Å². The molecule has 1 N–H and O–H groups in total. The molecule has 1 heteroatoms. The van der Waals surface area contributed by atoms with Crippen LogP contribution in [0.2, 0.25) is 0 Å². The molecular formula is C10H19N. The quantitative estimate of drug-likeness (QED) is 0.485. The molecule has 1 rings (SSSR count). The van der Waals surface area contributed by atoms with Crippen molar-refractivity contribution in [2.24, 2.45) is 0 Å². The molecule has 0 saturated carbocycles. The van der Waals surface area contributed by atoms with Crippen molar-refractivity contribution in [1.82, 2.24) is 5.32 Å². The minimum absolute atomic E-state index is 1.14. The van der Waals surface area contributed by atoms with Crippen LogP contribution in [0.3, 0.4) is 0 Å². The number of unbranched alkanes of at least 4 members (excludes halogenated alkanes) is 2. The van der Waals surface area contributed by atoms with Gasteiger partial charge in [-0.05, 0) is 25.8 Å². The van der Waals surface area contributed by atoms with Crippen LogP contribution < -0.4 is 5.32 Å². The lowest BCUT2D eigenvalue weighted by atomic mass is 10.0. The van der Waals surface area contributed by atoms with Crippen molar-refractivity contribution in [3.05, 3.63) is 11.6 Å². The van der Waals surface area contributed by atoms with Gasteiger partial charge in [-0.15, -0.1) is 0 Å². The number of hydrogen-bond acceptors (Lipinski definition) is 1. The number of rotatable bonds is 3. The molecule has 0 spiro atoms. The van der Waals surface area contributed by atoms with Gasteiger partial charge in [0.25, 0.3) is 0 Å². The van der Waals surface area contributed by atoms with Crippen molar-refractivity contribution < 1.29 is 0 Å². The Kier molecular flexibility index (Phi) is 4.29. The Morgan fingerprint density at radius 1 is 1.55 bits per heavy atom. The molecule has 0 aromatic carbocycles. The van der Waals surface area contributed by atoms with Gasteiger partial charge in [0.2, 0.25) is 0 Å². The predicted molar refractivity (Wildman–Crippen MR) is 49.7 cm³/mol. The van der Waals surface area contributed by atoms with Crippen LogP contribution in [0.15, 0.2) is 11.6 Å². The van der Waals surface area contributed by atoms with Crippen molar-refractivity contribution in [3.8, 4) is 0 Å². The zero-order valence-corrected chi connectivity index (χ0v) is 7.53. The number of allylic oxidation sites excluding steroid dienone is 1. The maximum Gasteiger partial charge on any atom is 0.0164 e. The second-order valence-corrected chi connectivity index (χ2v) is 3.28. The number of piperidine rings is 1. The molecule has 0 atom stereocenters. The van der Waals surface area contributed by atoms with Crippen LogP contribution in [0, 0.1) is 0 Å². The number of nitrogens with one attached hydrogen (secondary N) is 1. The standard InChI is InChI=1S/C10H19N/c1-2-3-4-6-10-7-5-8-11-9-10/h6,11H,2-5,7-9H2,1H3. The molecule has 0 bridgehead atoms. The Labute approximate surface area is 69.9 Å². The summed E-state index contributed by atoms with van der Waals surface area (Å²) in [5, 5.41) is 3.39. The Hall–Kier alpha value is -0.300. The van der Waals surface area contributed by atoms with Gasteiger partial charge in [0, 0.05) is 6.54 Å². The molecular weight excluding hydrogens is 134 g/mol. The molecule has 0 aromatic heterocycles. The normalized spacial score (nSPS) is 22.5. The van der Waals surface area contributed by atoms with Gasteiger partial charge in [0.15, 0.2) is 0 Å². The minimum Gasteiger partial charge on any atom is -0.313 e. The second-order valence-electron chi connectivity index (χ2n) is 3.28. The molecule has 0 unspecified atom stereocenters. The Bertz CT molecular complexity index is 119. The summed E-state index contributed by atoms with van der Waals surface area (Å²) in [4.78, 5) is 0. The summed E-state index contributed by atoms with van der Waals surface area (Å²) in [6.07, 6.45) is 9.04. The van der Waals surface area contributed by atoms with Gasteiger partial charge in [0.05, 0.1) is 0 Å². The van der Waals surface area contributed by atoms with E-state index in [4.69, 9.17) is 0 Å². The first-order chi connectivity index (χ1) is 5.43. The largest absolute Gasteiger partial charge is 0.313 e. The average molecular weight is 153 g/mol. The van der Waals surface area contributed by atoms with E-state index in [1.807, 2.05) is 0 Å². The molecule has 1 aliphatic rings.